The van der Waals surface area contributed by atoms with Crippen molar-refractivity contribution in [1.82, 2.24) is 0 Å². The van der Waals surface area contributed by atoms with Gasteiger partial charge in [0, 0.05) is 56.5 Å². The molecule has 10 radical (unpaired) electrons. The van der Waals surface area contributed by atoms with Crippen LogP contribution in [-0.4, -0.2) is 83.6 Å². The zero-order valence-electron chi connectivity index (χ0n) is 12.4. The van der Waals surface area contributed by atoms with E-state index in [2.05, 4.69) is 39.0 Å². The Morgan fingerprint density at radius 2 is 1.33 bits per heavy atom. The van der Waals surface area contributed by atoms with E-state index in [1.54, 1.807) is 7.11 Å². The molecular formula is C9H12B10OS. The molecule has 1 nitrogen and oxygen atoms in total. The topological polar surface area (TPSA) is 9.23 Å². The van der Waals surface area contributed by atoms with Gasteiger partial charge in [0.25, 0.3) is 0 Å². The van der Waals surface area contributed by atoms with Crippen LogP contribution in [-0.2, 0) is 6.32 Å². The Morgan fingerprint density at radius 3 is 1.86 bits per heavy atom. The van der Waals surface area contributed by atoms with Gasteiger partial charge >= 0.3 is 0 Å². The van der Waals surface area contributed by atoms with Crippen molar-refractivity contribution in [2.45, 2.75) is 6.32 Å². The Kier molecular flexibility index (Phi) is 12.4. The quantitative estimate of drug-likeness (QED) is 0.258. The van der Waals surface area contributed by atoms with Crippen LogP contribution in [0.4, 0.5) is 0 Å². The lowest BCUT2D eigenvalue weighted by Crippen LogP contribution is -2.33. The highest BCUT2D eigenvalue weighted by Gasteiger charge is 2.00. The van der Waals surface area contributed by atoms with Crippen LogP contribution in [0.25, 0.3) is 0 Å². The summed E-state index contributed by atoms with van der Waals surface area (Å²) in [5.74, 6) is 0.894. The molecule has 90 valence electrons. The Morgan fingerprint density at radius 1 is 0.810 bits per heavy atom. The van der Waals surface area contributed by atoms with Crippen molar-refractivity contribution in [3.05, 3.63) is 29.8 Å². The van der Waals surface area contributed by atoms with Crippen LogP contribution in [0.5, 0.6) is 5.75 Å². The second-order valence-corrected chi connectivity index (χ2v) is 4.61. The normalized spacial score (nSPS) is 8.86. The van der Waals surface area contributed by atoms with Gasteiger partial charge in [0.1, 0.15) is 5.75 Å². The van der Waals surface area contributed by atoms with Crippen molar-refractivity contribution >= 4 is 83.5 Å². The smallest absolute Gasteiger partial charge is 0.118 e. The van der Waals surface area contributed by atoms with E-state index in [0.717, 1.165) is 17.7 Å². The van der Waals surface area contributed by atoms with Crippen molar-refractivity contribution in [2.75, 3.05) is 12.8 Å². The number of thiol groups is 1. The fourth-order valence-corrected chi connectivity index (χ4v) is 1.69. The van der Waals surface area contributed by atoms with Crippen LogP contribution in [0.1, 0.15) is 5.56 Å². The number of ether oxygens (including phenoxy) is 1. The molecular weight excluding hydrogens is 264 g/mol. The molecule has 0 N–H and O–H groups in total. The van der Waals surface area contributed by atoms with Crippen molar-refractivity contribution in [3.8, 4) is 5.75 Å². The summed E-state index contributed by atoms with van der Waals surface area (Å²) in [5, 5.41) is 0. The average molecular weight is 276 g/mol. The largest absolute Gasteiger partial charge is 0.497 e. The molecule has 0 aromatic heterocycles. The van der Waals surface area contributed by atoms with Crippen LogP contribution < -0.4 is 4.74 Å². The fraction of sp³-hybridized carbons (Fsp3) is 0.333. The van der Waals surface area contributed by atoms with Gasteiger partial charge in [0.05, 0.1) is 21.5 Å². The summed E-state index contributed by atoms with van der Waals surface area (Å²) in [6, 6.07) is 8.12. The van der Waals surface area contributed by atoms with E-state index in [9.17, 15) is 0 Å². The van der Waals surface area contributed by atoms with E-state index in [1.807, 2.05) is 68.7 Å². The fourth-order valence-electron chi connectivity index (χ4n) is 1.57. The van der Waals surface area contributed by atoms with E-state index in [1.165, 1.54) is 5.56 Å². The van der Waals surface area contributed by atoms with Gasteiger partial charge in [-0.25, -0.2) is 0 Å². The van der Waals surface area contributed by atoms with Crippen LogP contribution in [0, 0.1) is 0 Å². The molecule has 1 aromatic rings. The first kappa shape index (κ1) is 19.1. The molecule has 0 atom stereocenters. The van der Waals surface area contributed by atoms with E-state index < -0.39 is 0 Å². The highest BCUT2D eigenvalue weighted by atomic mass is 32.1. The van der Waals surface area contributed by atoms with Crippen molar-refractivity contribution in [3.63, 3.8) is 0 Å². The third-order valence-corrected chi connectivity index (χ3v) is 2.88. The third-order valence-electron chi connectivity index (χ3n) is 2.67. The van der Waals surface area contributed by atoms with Gasteiger partial charge in [-0.15, -0.1) is 0 Å². The van der Waals surface area contributed by atoms with Gasteiger partial charge in [0.2, 0.25) is 0 Å². The lowest BCUT2D eigenvalue weighted by molar-refractivity contribution is 0.414. The number of hydrogen-bond acceptors (Lipinski definition) is 2. The molecule has 0 bridgehead atoms. The Labute approximate surface area is 143 Å². The number of benzene rings is 1. The SMILES string of the molecule is COc1ccc(C[B][B][B][B][B][B][B][B][B][B]CS)cc1. The van der Waals surface area contributed by atoms with Crippen molar-refractivity contribution in [1.29, 1.82) is 0 Å². The van der Waals surface area contributed by atoms with Crippen LogP contribution >= 0.6 is 12.6 Å². The summed E-state index contributed by atoms with van der Waals surface area (Å²) in [7, 11) is 21.9. The Balaban J connectivity index is 1.88. The lowest BCUT2D eigenvalue weighted by atomic mass is 8.88. The van der Waals surface area contributed by atoms with Crippen molar-refractivity contribution < 1.29 is 4.74 Å². The molecule has 0 aliphatic rings. The maximum absolute atomic E-state index is 5.13. The summed E-state index contributed by atoms with van der Waals surface area (Å²) in [6.45, 7) is 0. The maximum atomic E-state index is 5.13. The van der Waals surface area contributed by atoms with Gasteiger partial charge in [-0.3, -0.25) is 0 Å². The Bertz CT molecular complexity index is 353. The molecule has 0 saturated heterocycles. The standard InChI is InChI=1S/C9H12B10OS/c1-20-9-4-2-8(3-5-9)6-10-12-14-16-18-19-17-15-13-11-7-21/h2-5,21H,6-7H2,1H3. The summed E-state index contributed by atoms with van der Waals surface area (Å²) in [5.41, 5.74) is 2.04. The van der Waals surface area contributed by atoms with E-state index >= 15 is 0 Å². The van der Waals surface area contributed by atoms with Gasteiger partial charge < -0.3 is 4.74 Å². The third kappa shape index (κ3) is 10.4. The summed E-state index contributed by atoms with van der Waals surface area (Å²) >= 11 is 4.08. The molecule has 1 aromatic carbocycles. The predicted octanol–water partition coefficient (Wildman–Crippen LogP) is -1.64. The predicted molar refractivity (Wildman–Crippen MR) is 108 cm³/mol. The molecule has 12 heteroatoms. The summed E-state index contributed by atoms with van der Waals surface area (Å²) < 4.78 is 5.13. The molecule has 0 aliphatic carbocycles. The van der Waals surface area contributed by atoms with Crippen LogP contribution in [0.15, 0.2) is 24.3 Å². The second kappa shape index (κ2) is 13.7. The highest BCUT2D eigenvalue weighted by Crippen LogP contribution is 2.10. The molecule has 21 heavy (non-hydrogen) atoms. The minimum absolute atomic E-state index is 0.771. The van der Waals surface area contributed by atoms with E-state index in [0.29, 0.717) is 0 Å². The average Bonchev–Trinajstić information content (AvgIpc) is 2.53. The minimum Gasteiger partial charge on any atom is -0.497 e. The zero-order chi connectivity index (χ0) is 15.2. The van der Waals surface area contributed by atoms with Gasteiger partial charge in [-0.1, -0.05) is 24.0 Å². The van der Waals surface area contributed by atoms with E-state index in [4.69, 9.17) is 4.74 Å². The maximum Gasteiger partial charge on any atom is 0.118 e. The molecule has 0 unspecified atom stereocenters. The molecule has 0 saturated carbocycles. The summed E-state index contributed by atoms with van der Waals surface area (Å²) in [4.78, 5) is 0. The number of hydrogen-bond donors (Lipinski definition) is 1. The van der Waals surface area contributed by atoms with Gasteiger partial charge in [-0.2, -0.15) is 12.6 Å². The monoisotopic (exact) mass is 278 g/mol. The number of methoxy groups -OCH3 is 1. The molecule has 0 amide bonds. The second-order valence-electron chi connectivity index (χ2n) is 4.25. The minimum atomic E-state index is 0.771. The first-order valence-electron chi connectivity index (χ1n) is 6.92. The number of rotatable bonds is 13. The van der Waals surface area contributed by atoms with E-state index in [-0.39, 0.29) is 0 Å². The van der Waals surface area contributed by atoms with Gasteiger partial charge in [0.15, 0.2) is 0 Å². The molecule has 0 spiro atoms. The zero-order valence-corrected chi connectivity index (χ0v) is 13.2. The van der Waals surface area contributed by atoms with Gasteiger partial charge in [-0.05, 0) is 17.8 Å². The lowest BCUT2D eigenvalue weighted by Gasteiger charge is -2.02. The first-order valence-corrected chi connectivity index (χ1v) is 7.55. The first-order chi connectivity index (χ1) is 10.4. The highest BCUT2D eigenvalue weighted by molar-refractivity contribution is 7.83. The van der Waals surface area contributed by atoms with Crippen molar-refractivity contribution in [2.24, 2.45) is 0 Å². The molecule has 0 heterocycles. The van der Waals surface area contributed by atoms with Crippen LogP contribution in [0.3, 0.4) is 0 Å². The molecule has 0 fully saturated rings. The molecule has 0 aliphatic heterocycles. The summed E-state index contributed by atoms with van der Waals surface area (Å²) in [6.07, 6.45) is 0.923. The molecule has 1 rings (SSSR count). The van der Waals surface area contributed by atoms with Crippen LogP contribution in [0.2, 0.25) is 0 Å². The Hall–Kier alpha value is 0.0194.